The standard InChI is InChI=1S/C13H21NOS/c1-12(11-14-9-6-10-15-2)16-13-7-4-3-5-8-13/h3-5,7-8,12,14H,6,9-11H2,1-2H3. The molecule has 1 aromatic rings. The first-order valence-corrected chi connectivity index (χ1v) is 6.62. The maximum absolute atomic E-state index is 5.00. The molecule has 0 saturated carbocycles. The second-order valence-electron chi connectivity index (χ2n) is 3.79. The number of hydrogen-bond donors (Lipinski definition) is 1. The third kappa shape index (κ3) is 6.16. The van der Waals surface area contributed by atoms with Crippen LogP contribution in [-0.4, -0.2) is 32.1 Å². The van der Waals surface area contributed by atoms with Crippen molar-refractivity contribution in [2.24, 2.45) is 0 Å². The van der Waals surface area contributed by atoms with Crippen LogP contribution >= 0.6 is 11.8 Å². The van der Waals surface area contributed by atoms with Crippen molar-refractivity contribution in [3.8, 4) is 0 Å². The summed E-state index contributed by atoms with van der Waals surface area (Å²) < 4.78 is 5.00. The van der Waals surface area contributed by atoms with E-state index in [4.69, 9.17) is 4.74 Å². The van der Waals surface area contributed by atoms with Crippen LogP contribution in [0.5, 0.6) is 0 Å². The summed E-state index contributed by atoms with van der Waals surface area (Å²) in [5, 5.41) is 4.04. The minimum Gasteiger partial charge on any atom is -0.385 e. The van der Waals surface area contributed by atoms with E-state index in [0.29, 0.717) is 5.25 Å². The highest BCUT2D eigenvalue weighted by atomic mass is 32.2. The van der Waals surface area contributed by atoms with E-state index in [1.807, 2.05) is 11.8 Å². The molecule has 0 fully saturated rings. The van der Waals surface area contributed by atoms with Crippen LogP contribution in [0.25, 0.3) is 0 Å². The van der Waals surface area contributed by atoms with Gasteiger partial charge in [-0.25, -0.2) is 0 Å². The maximum Gasteiger partial charge on any atom is 0.0474 e. The number of hydrogen-bond acceptors (Lipinski definition) is 3. The average molecular weight is 239 g/mol. The van der Waals surface area contributed by atoms with Crippen molar-refractivity contribution in [3.05, 3.63) is 30.3 Å². The normalized spacial score (nSPS) is 12.6. The number of rotatable bonds is 8. The topological polar surface area (TPSA) is 21.3 Å². The molecule has 0 spiro atoms. The van der Waals surface area contributed by atoms with Gasteiger partial charge in [0.15, 0.2) is 0 Å². The minimum atomic E-state index is 0.602. The Hall–Kier alpha value is -0.510. The van der Waals surface area contributed by atoms with Gasteiger partial charge in [-0.15, -0.1) is 11.8 Å². The summed E-state index contributed by atoms with van der Waals surface area (Å²) in [7, 11) is 1.74. The molecule has 3 heteroatoms. The van der Waals surface area contributed by atoms with E-state index in [0.717, 1.165) is 26.1 Å². The Morgan fingerprint density at radius 3 is 2.75 bits per heavy atom. The first-order chi connectivity index (χ1) is 7.83. The molecule has 1 N–H and O–H groups in total. The van der Waals surface area contributed by atoms with E-state index in [2.05, 4.69) is 42.6 Å². The van der Waals surface area contributed by atoms with Crippen LogP contribution in [0.1, 0.15) is 13.3 Å². The molecular weight excluding hydrogens is 218 g/mol. The molecule has 1 rings (SSSR count). The van der Waals surface area contributed by atoms with Crippen molar-refractivity contribution < 1.29 is 4.74 Å². The third-order valence-electron chi connectivity index (χ3n) is 2.21. The van der Waals surface area contributed by atoms with Gasteiger partial charge >= 0.3 is 0 Å². The lowest BCUT2D eigenvalue weighted by Gasteiger charge is -2.12. The summed E-state index contributed by atoms with van der Waals surface area (Å²) in [5.74, 6) is 0. The summed E-state index contributed by atoms with van der Waals surface area (Å²) in [4.78, 5) is 1.34. The van der Waals surface area contributed by atoms with E-state index in [1.54, 1.807) is 7.11 Å². The van der Waals surface area contributed by atoms with E-state index < -0.39 is 0 Å². The van der Waals surface area contributed by atoms with Gasteiger partial charge in [-0.3, -0.25) is 0 Å². The molecular formula is C13H21NOS. The van der Waals surface area contributed by atoms with Crippen molar-refractivity contribution in [1.29, 1.82) is 0 Å². The highest BCUT2D eigenvalue weighted by Crippen LogP contribution is 2.21. The van der Waals surface area contributed by atoms with Crippen LogP contribution in [0, 0.1) is 0 Å². The molecule has 1 unspecified atom stereocenters. The highest BCUT2D eigenvalue weighted by Gasteiger charge is 2.02. The number of ether oxygens (including phenoxy) is 1. The zero-order valence-electron chi connectivity index (χ0n) is 10.1. The van der Waals surface area contributed by atoms with Gasteiger partial charge in [-0.1, -0.05) is 25.1 Å². The van der Waals surface area contributed by atoms with E-state index in [1.165, 1.54) is 4.90 Å². The first-order valence-electron chi connectivity index (χ1n) is 5.74. The second-order valence-corrected chi connectivity index (χ2v) is 5.30. The Morgan fingerprint density at radius 2 is 2.06 bits per heavy atom. The number of nitrogens with one attached hydrogen (secondary N) is 1. The molecule has 0 bridgehead atoms. The highest BCUT2D eigenvalue weighted by molar-refractivity contribution is 8.00. The molecule has 0 aliphatic heterocycles. The lowest BCUT2D eigenvalue weighted by Crippen LogP contribution is -2.24. The molecule has 1 aromatic carbocycles. The molecule has 0 heterocycles. The monoisotopic (exact) mass is 239 g/mol. The van der Waals surface area contributed by atoms with E-state index >= 15 is 0 Å². The van der Waals surface area contributed by atoms with Gasteiger partial charge < -0.3 is 10.1 Å². The van der Waals surface area contributed by atoms with Crippen molar-refractivity contribution in [1.82, 2.24) is 5.32 Å². The molecule has 16 heavy (non-hydrogen) atoms. The molecule has 1 atom stereocenters. The molecule has 0 saturated heterocycles. The van der Waals surface area contributed by atoms with Crippen molar-refractivity contribution in [2.75, 3.05) is 26.8 Å². The maximum atomic E-state index is 5.00. The molecule has 0 aliphatic rings. The van der Waals surface area contributed by atoms with Crippen LogP contribution in [0.4, 0.5) is 0 Å². The predicted molar refractivity (Wildman–Crippen MR) is 71.1 cm³/mol. The fourth-order valence-electron chi connectivity index (χ4n) is 1.42. The molecule has 2 nitrogen and oxygen atoms in total. The molecule has 90 valence electrons. The fraction of sp³-hybridized carbons (Fsp3) is 0.538. The fourth-order valence-corrected chi connectivity index (χ4v) is 2.40. The molecule has 0 radical (unpaired) electrons. The van der Waals surface area contributed by atoms with Crippen molar-refractivity contribution in [2.45, 2.75) is 23.5 Å². The zero-order chi connectivity index (χ0) is 11.6. The number of benzene rings is 1. The van der Waals surface area contributed by atoms with Crippen LogP contribution in [0.3, 0.4) is 0 Å². The SMILES string of the molecule is COCCCNCC(C)Sc1ccccc1. The van der Waals surface area contributed by atoms with Crippen molar-refractivity contribution >= 4 is 11.8 Å². The van der Waals surface area contributed by atoms with Crippen LogP contribution < -0.4 is 5.32 Å². The Labute approximate surface area is 103 Å². The van der Waals surface area contributed by atoms with Gasteiger partial charge in [0, 0.05) is 30.4 Å². The first kappa shape index (κ1) is 13.6. The molecule has 0 amide bonds. The summed E-state index contributed by atoms with van der Waals surface area (Å²) in [5.41, 5.74) is 0. The smallest absolute Gasteiger partial charge is 0.0474 e. The lowest BCUT2D eigenvalue weighted by atomic mass is 10.4. The number of thioether (sulfide) groups is 1. The van der Waals surface area contributed by atoms with Gasteiger partial charge in [0.1, 0.15) is 0 Å². The summed E-state index contributed by atoms with van der Waals surface area (Å²) in [6.07, 6.45) is 1.08. The van der Waals surface area contributed by atoms with Crippen LogP contribution in [0.15, 0.2) is 35.2 Å². The van der Waals surface area contributed by atoms with Crippen LogP contribution in [-0.2, 0) is 4.74 Å². The van der Waals surface area contributed by atoms with Gasteiger partial charge in [-0.2, -0.15) is 0 Å². The lowest BCUT2D eigenvalue weighted by molar-refractivity contribution is 0.194. The number of methoxy groups -OCH3 is 1. The van der Waals surface area contributed by atoms with Crippen molar-refractivity contribution in [3.63, 3.8) is 0 Å². The molecule has 0 aromatic heterocycles. The van der Waals surface area contributed by atoms with E-state index in [9.17, 15) is 0 Å². The third-order valence-corrected chi connectivity index (χ3v) is 3.33. The second kappa shape index (κ2) is 8.62. The quantitative estimate of drug-likeness (QED) is 0.557. The van der Waals surface area contributed by atoms with Gasteiger partial charge in [0.05, 0.1) is 0 Å². The van der Waals surface area contributed by atoms with Gasteiger partial charge in [-0.05, 0) is 25.1 Å². The Balaban J connectivity index is 2.09. The zero-order valence-corrected chi connectivity index (χ0v) is 10.9. The largest absolute Gasteiger partial charge is 0.385 e. The minimum absolute atomic E-state index is 0.602. The summed E-state index contributed by atoms with van der Waals surface area (Å²) in [6.45, 7) is 5.17. The summed E-state index contributed by atoms with van der Waals surface area (Å²) >= 11 is 1.91. The van der Waals surface area contributed by atoms with Gasteiger partial charge in [0.2, 0.25) is 0 Å². The Kier molecular flexibility index (Phi) is 7.30. The van der Waals surface area contributed by atoms with E-state index in [-0.39, 0.29) is 0 Å². The van der Waals surface area contributed by atoms with Crippen LogP contribution in [0.2, 0.25) is 0 Å². The predicted octanol–water partition coefficient (Wildman–Crippen LogP) is 2.79. The van der Waals surface area contributed by atoms with Gasteiger partial charge in [0.25, 0.3) is 0 Å². The average Bonchev–Trinajstić information content (AvgIpc) is 2.30. The Morgan fingerprint density at radius 1 is 1.31 bits per heavy atom. The Bertz CT molecular complexity index is 266. The summed E-state index contributed by atoms with van der Waals surface area (Å²) in [6, 6.07) is 10.5. The molecule has 0 aliphatic carbocycles.